The number of nitrogens with zero attached hydrogens (tertiary/aromatic N) is 2. The molecule has 216 valence electrons. The third-order valence-corrected chi connectivity index (χ3v) is 8.62. The number of aliphatic hydroxyl groups excluding tert-OH is 2. The first-order valence-corrected chi connectivity index (χ1v) is 13.9. The molecule has 1 aliphatic heterocycles. The number of aliphatic hydroxyl groups is 2. The molecular formula is C28H32F3N3O5S. The first kappa shape index (κ1) is 30.1. The summed E-state index contributed by atoms with van der Waals surface area (Å²) >= 11 is 1.01. The van der Waals surface area contributed by atoms with E-state index in [0.29, 0.717) is 72.1 Å². The van der Waals surface area contributed by atoms with Crippen molar-refractivity contribution in [3.05, 3.63) is 65.1 Å². The van der Waals surface area contributed by atoms with Crippen LogP contribution in [0.1, 0.15) is 42.9 Å². The molecule has 1 aromatic heterocycles. The largest absolute Gasteiger partial charge is 0.497 e. The van der Waals surface area contributed by atoms with Crippen LogP contribution in [0.5, 0.6) is 5.75 Å². The van der Waals surface area contributed by atoms with Crippen LogP contribution in [0.4, 0.5) is 13.2 Å². The van der Waals surface area contributed by atoms with Crippen LogP contribution in [0.3, 0.4) is 0 Å². The summed E-state index contributed by atoms with van der Waals surface area (Å²) < 4.78 is 46.2. The number of aromatic nitrogens is 1. The fourth-order valence-corrected chi connectivity index (χ4v) is 6.26. The fraction of sp³-hybridized carbons (Fsp3) is 0.429. The number of hydroxylamine groups is 1. The Morgan fingerprint density at radius 1 is 1.23 bits per heavy atom. The average molecular weight is 580 g/mol. The molecule has 2 aromatic carbocycles. The normalized spacial score (nSPS) is 16.2. The summed E-state index contributed by atoms with van der Waals surface area (Å²) in [5, 5.41) is 31.3. The van der Waals surface area contributed by atoms with Crippen LogP contribution in [0.2, 0.25) is 0 Å². The molecule has 4 rings (SSSR count). The lowest BCUT2D eigenvalue weighted by Crippen LogP contribution is -2.48. The van der Waals surface area contributed by atoms with Crippen LogP contribution in [0, 0.1) is 22.9 Å². The second kappa shape index (κ2) is 13.2. The molecule has 40 heavy (non-hydrogen) atoms. The number of amides is 1. The first-order chi connectivity index (χ1) is 19.2. The molecule has 1 fully saturated rings. The van der Waals surface area contributed by atoms with E-state index in [9.17, 15) is 33.4 Å². The molecule has 1 saturated heterocycles. The summed E-state index contributed by atoms with van der Waals surface area (Å²) in [4.78, 5) is 19.1. The standard InChI is InChI=1S/C28H32F3N3O5S/c1-39-19-2-3-22-20(14-19)25(17(16-35)15-32-22)23(36)4-5-28(27(37)33-38)6-8-34(9-7-28)10-11-40-24-13-18(29)12-21(30)26(24)31/h2-3,12-15,23,35-36,38H,4-11,16H2,1H3,(H,33,37)/t23-/m1/s1. The van der Waals surface area contributed by atoms with Gasteiger partial charge in [0.2, 0.25) is 5.91 Å². The van der Waals surface area contributed by atoms with Gasteiger partial charge in [-0.3, -0.25) is 15.0 Å². The third kappa shape index (κ3) is 6.52. The van der Waals surface area contributed by atoms with E-state index in [0.717, 1.165) is 17.8 Å². The Hall–Kier alpha value is -2.90. The van der Waals surface area contributed by atoms with Crippen molar-refractivity contribution < 1.29 is 38.1 Å². The number of carbonyl (C=O) groups is 1. The Labute approximate surface area is 234 Å². The predicted octanol–water partition coefficient (Wildman–Crippen LogP) is 4.35. The molecule has 0 unspecified atom stereocenters. The Morgan fingerprint density at radius 3 is 2.65 bits per heavy atom. The van der Waals surface area contributed by atoms with Crippen LogP contribution in [0.15, 0.2) is 41.4 Å². The Balaban J connectivity index is 1.42. The van der Waals surface area contributed by atoms with E-state index in [4.69, 9.17) is 4.74 Å². The van der Waals surface area contributed by atoms with Crippen molar-refractivity contribution >= 4 is 28.6 Å². The first-order valence-electron chi connectivity index (χ1n) is 12.9. The molecule has 12 heteroatoms. The van der Waals surface area contributed by atoms with Crippen molar-refractivity contribution in [2.45, 2.75) is 43.3 Å². The van der Waals surface area contributed by atoms with E-state index < -0.39 is 34.9 Å². The van der Waals surface area contributed by atoms with Gasteiger partial charge in [0.05, 0.1) is 30.8 Å². The zero-order valence-electron chi connectivity index (χ0n) is 22.0. The second-order valence-corrected chi connectivity index (χ2v) is 11.0. The van der Waals surface area contributed by atoms with Gasteiger partial charge in [0, 0.05) is 40.4 Å². The Kier molecular flexibility index (Phi) is 9.90. The molecule has 4 N–H and O–H groups in total. The lowest BCUT2D eigenvalue weighted by molar-refractivity contribution is -0.143. The summed E-state index contributed by atoms with van der Waals surface area (Å²) in [7, 11) is 1.53. The molecule has 2 heterocycles. The number of carbonyl (C=O) groups excluding carboxylic acids is 1. The highest BCUT2D eigenvalue weighted by Gasteiger charge is 2.41. The van der Waals surface area contributed by atoms with Crippen molar-refractivity contribution in [1.82, 2.24) is 15.4 Å². The average Bonchev–Trinajstić information content (AvgIpc) is 2.97. The number of likely N-dealkylation sites (tertiary alicyclic amines) is 1. The van der Waals surface area contributed by atoms with E-state index >= 15 is 0 Å². The predicted molar refractivity (Wildman–Crippen MR) is 143 cm³/mol. The van der Waals surface area contributed by atoms with Crippen molar-refractivity contribution in [2.24, 2.45) is 5.41 Å². The van der Waals surface area contributed by atoms with Gasteiger partial charge in [-0.15, -0.1) is 11.8 Å². The van der Waals surface area contributed by atoms with Gasteiger partial charge >= 0.3 is 0 Å². The fourth-order valence-electron chi connectivity index (χ4n) is 5.27. The van der Waals surface area contributed by atoms with Gasteiger partial charge in [0.1, 0.15) is 11.6 Å². The monoisotopic (exact) mass is 579 g/mol. The SMILES string of the molecule is COc1ccc2ncc(CO)c([C@H](O)CCC3(C(=O)NO)CCN(CCSc4cc(F)cc(F)c4F)CC3)c2c1. The second-order valence-electron chi connectivity index (χ2n) is 9.90. The van der Waals surface area contributed by atoms with Crippen LogP contribution in [-0.4, -0.2) is 63.7 Å². The highest BCUT2D eigenvalue weighted by Crippen LogP contribution is 2.40. The number of ether oxygens (including phenoxy) is 1. The van der Waals surface area contributed by atoms with E-state index in [1.165, 1.54) is 13.3 Å². The number of halogens is 3. The lowest BCUT2D eigenvalue weighted by Gasteiger charge is -2.40. The van der Waals surface area contributed by atoms with E-state index in [1.54, 1.807) is 23.7 Å². The van der Waals surface area contributed by atoms with Crippen LogP contribution < -0.4 is 10.2 Å². The Bertz CT molecular complexity index is 1350. The van der Waals surface area contributed by atoms with Gasteiger partial charge in [-0.25, -0.2) is 18.7 Å². The Morgan fingerprint density at radius 2 is 1.98 bits per heavy atom. The maximum absolute atomic E-state index is 13.9. The molecule has 1 atom stereocenters. The summed E-state index contributed by atoms with van der Waals surface area (Å²) in [6.07, 6.45) is 1.77. The molecule has 0 saturated carbocycles. The van der Waals surface area contributed by atoms with Gasteiger partial charge < -0.3 is 19.8 Å². The van der Waals surface area contributed by atoms with Crippen molar-refractivity contribution in [3.8, 4) is 5.75 Å². The van der Waals surface area contributed by atoms with E-state index in [-0.39, 0.29) is 24.3 Å². The lowest BCUT2D eigenvalue weighted by atomic mass is 9.73. The minimum absolute atomic E-state index is 0.0963. The number of hydrogen-bond acceptors (Lipinski definition) is 8. The minimum atomic E-state index is -1.23. The zero-order chi connectivity index (χ0) is 28.9. The highest BCUT2D eigenvalue weighted by atomic mass is 32.2. The van der Waals surface area contributed by atoms with Crippen molar-refractivity contribution in [3.63, 3.8) is 0 Å². The van der Waals surface area contributed by atoms with E-state index in [2.05, 4.69) is 9.88 Å². The van der Waals surface area contributed by atoms with Crippen LogP contribution in [0.25, 0.3) is 10.9 Å². The van der Waals surface area contributed by atoms with Gasteiger partial charge in [-0.1, -0.05) is 0 Å². The summed E-state index contributed by atoms with van der Waals surface area (Å²) in [5.41, 5.74) is 2.46. The minimum Gasteiger partial charge on any atom is -0.497 e. The number of methoxy groups -OCH3 is 1. The van der Waals surface area contributed by atoms with E-state index in [1.807, 2.05) is 0 Å². The molecule has 0 aliphatic carbocycles. The topological polar surface area (TPSA) is 115 Å². The number of nitrogens with one attached hydrogen (secondary N) is 1. The molecule has 3 aromatic rings. The van der Waals surface area contributed by atoms with Crippen LogP contribution >= 0.6 is 11.8 Å². The molecule has 0 bridgehead atoms. The third-order valence-electron chi connectivity index (χ3n) is 7.62. The molecule has 1 aliphatic rings. The van der Waals surface area contributed by atoms with Gasteiger partial charge in [-0.05, 0) is 68.6 Å². The number of rotatable bonds is 11. The highest BCUT2D eigenvalue weighted by molar-refractivity contribution is 7.99. The van der Waals surface area contributed by atoms with Gasteiger partial charge in [-0.2, -0.15) is 0 Å². The maximum atomic E-state index is 13.9. The summed E-state index contributed by atoms with van der Waals surface area (Å²) in [6, 6.07) is 6.73. The molecule has 0 spiro atoms. The number of thioether (sulfide) groups is 1. The smallest absolute Gasteiger partial charge is 0.249 e. The molecule has 0 radical (unpaired) electrons. The van der Waals surface area contributed by atoms with Crippen molar-refractivity contribution in [2.75, 3.05) is 32.5 Å². The summed E-state index contributed by atoms with van der Waals surface area (Å²) in [5.74, 6) is -2.72. The molecule has 8 nitrogen and oxygen atoms in total. The number of hydrogen-bond donors (Lipinski definition) is 4. The molecular weight excluding hydrogens is 547 g/mol. The van der Waals surface area contributed by atoms with Gasteiger partial charge in [0.15, 0.2) is 11.6 Å². The zero-order valence-corrected chi connectivity index (χ0v) is 22.8. The number of pyridine rings is 1. The maximum Gasteiger partial charge on any atom is 0.249 e. The quantitative estimate of drug-likeness (QED) is 0.115. The van der Waals surface area contributed by atoms with Crippen LogP contribution in [-0.2, 0) is 11.4 Å². The van der Waals surface area contributed by atoms with Crippen molar-refractivity contribution in [1.29, 1.82) is 0 Å². The summed E-state index contributed by atoms with van der Waals surface area (Å²) in [6.45, 7) is 1.18. The number of fused-ring (bicyclic) bond motifs is 1. The molecule has 1 amide bonds. The number of piperidine rings is 1. The number of benzene rings is 2. The van der Waals surface area contributed by atoms with Gasteiger partial charge in [0.25, 0.3) is 0 Å².